The SMILES string of the molecule is CC[Si](CC)(CC)O[C@H](C/C=C/[C@@H](O)CCc1ccccc1)C1CCCCC1. The molecule has 0 amide bonds. The molecule has 2 nitrogen and oxygen atoms in total. The number of benzene rings is 1. The third-order valence-electron chi connectivity index (χ3n) is 6.81. The Balaban J connectivity index is 1.92. The van der Waals surface area contributed by atoms with Gasteiger partial charge in [0.15, 0.2) is 8.32 Å². The van der Waals surface area contributed by atoms with Gasteiger partial charge in [0.1, 0.15) is 0 Å². The molecular formula is C25H42O2Si. The summed E-state index contributed by atoms with van der Waals surface area (Å²) in [4.78, 5) is 0. The Morgan fingerprint density at radius 2 is 1.68 bits per heavy atom. The maximum Gasteiger partial charge on any atom is 0.192 e. The lowest BCUT2D eigenvalue weighted by Gasteiger charge is -2.38. The highest BCUT2D eigenvalue weighted by Gasteiger charge is 2.34. The van der Waals surface area contributed by atoms with E-state index in [0.717, 1.165) is 19.3 Å². The quantitative estimate of drug-likeness (QED) is 0.304. The van der Waals surface area contributed by atoms with E-state index in [1.165, 1.54) is 55.8 Å². The first-order chi connectivity index (χ1) is 13.6. The molecular weight excluding hydrogens is 360 g/mol. The highest BCUT2D eigenvalue weighted by molar-refractivity contribution is 6.73. The predicted octanol–water partition coefficient (Wildman–Crippen LogP) is 6.90. The fourth-order valence-corrected chi connectivity index (χ4v) is 7.52. The second-order valence-electron chi connectivity index (χ2n) is 8.55. The van der Waals surface area contributed by atoms with Gasteiger partial charge in [-0.3, -0.25) is 0 Å². The van der Waals surface area contributed by atoms with Crippen molar-refractivity contribution in [2.24, 2.45) is 5.92 Å². The molecule has 1 fully saturated rings. The van der Waals surface area contributed by atoms with Gasteiger partial charge in [0.05, 0.1) is 12.2 Å². The number of aliphatic hydroxyl groups is 1. The molecule has 1 aromatic carbocycles. The van der Waals surface area contributed by atoms with Crippen LogP contribution in [0.15, 0.2) is 42.5 Å². The van der Waals surface area contributed by atoms with Crippen LogP contribution in [0.1, 0.15) is 71.3 Å². The fraction of sp³-hybridized carbons (Fsp3) is 0.680. The minimum atomic E-state index is -1.60. The Hall–Kier alpha value is -0.903. The first-order valence-corrected chi connectivity index (χ1v) is 14.2. The molecule has 3 heteroatoms. The number of aliphatic hydroxyl groups excluding tert-OH is 1. The summed E-state index contributed by atoms with van der Waals surface area (Å²) in [6.07, 6.45) is 13.6. The number of hydrogen-bond donors (Lipinski definition) is 1. The first-order valence-electron chi connectivity index (χ1n) is 11.7. The Kier molecular flexibility index (Phi) is 10.5. The van der Waals surface area contributed by atoms with Crippen molar-refractivity contribution in [1.82, 2.24) is 0 Å². The minimum absolute atomic E-state index is 0.351. The average molecular weight is 403 g/mol. The third kappa shape index (κ3) is 7.49. The molecule has 0 unspecified atom stereocenters. The molecule has 158 valence electrons. The molecule has 0 aromatic heterocycles. The van der Waals surface area contributed by atoms with Gasteiger partial charge in [-0.1, -0.05) is 82.5 Å². The van der Waals surface area contributed by atoms with Crippen LogP contribution in [0.25, 0.3) is 0 Å². The summed E-state index contributed by atoms with van der Waals surface area (Å²) in [6, 6.07) is 14.1. The number of rotatable bonds is 12. The van der Waals surface area contributed by atoms with E-state index in [1.807, 2.05) is 12.1 Å². The molecule has 2 rings (SSSR count). The smallest absolute Gasteiger partial charge is 0.192 e. The van der Waals surface area contributed by atoms with Gasteiger partial charge >= 0.3 is 0 Å². The van der Waals surface area contributed by atoms with Crippen LogP contribution in [-0.2, 0) is 10.8 Å². The maximum atomic E-state index is 10.4. The summed E-state index contributed by atoms with van der Waals surface area (Å²) in [6.45, 7) is 6.96. The highest BCUT2D eigenvalue weighted by Crippen LogP contribution is 2.34. The van der Waals surface area contributed by atoms with Crippen LogP contribution < -0.4 is 0 Å². The molecule has 1 aromatic rings. The van der Waals surface area contributed by atoms with E-state index in [1.54, 1.807) is 0 Å². The summed E-state index contributed by atoms with van der Waals surface area (Å²) in [5.41, 5.74) is 1.29. The Morgan fingerprint density at radius 3 is 2.29 bits per heavy atom. The van der Waals surface area contributed by atoms with Crippen molar-refractivity contribution in [3.8, 4) is 0 Å². The van der Waals surface area contributed by atoms with Crippen molar-refractivity contribution >= 4 is 8.32 Å². The summed E-state index contributed by atoms with van der Waals surface area (Å²) >= 11 is 0. The molecule has 1 N–H and O–H groups in total. The lowest BCUT2D eigenvalue weighted by atomic mass is 9.84. The summed E-state index contributed by atoms with van der Waals surface area (Å²) in [5, 5.41) is 10.4. The van der Waals surface area contributed by atoms with Crippen LogP contribution in [0.5, 0.6) is 0 Å². The molecule has 0 bridgehead atoms. The second kappa shape index (κ2) is 12.6. The van der Waals surface area contributed by atoms with Gasteiger partial charge in [-0.25, -0.2) is 0 Å². The van der Waals surface area contributed by atoms with Gasteiger partial charge < -0.3 is 9.53 Å². The van der Waals surface area contributed by atoms with E-state index in [9.17, 15) is 5.11 Å². The van der Waals surface area contributed by atoms with Gasteiger partial charge in [-0.2, -0.15) is 0 Å². The van der Waals surface area contributed by atoms with E-state index in [4.69, 9.17) is 4.43 Å². The van der Waals surface area contributed by atoms with Crippen LogP contribution >= 0.6 is 0 Å². The lowest BCUT2D eigenvalue weighted by molar-refractivity contribution is 0.0985. The zero-order chi connectivity index (χ0) is 20.2. The number of hydrogen-bond acceptors (Lipinski definition) is 2. The molecule has 1 aliphatic rings. The molecule has 0 heterocycles. The van der Waals surface area contributed by atoms with Crippen LogP contribution in [0.3, 0.4) is 0 Å². The predicted molar refractivity (Wildman–Crippen MR) is 123 cm³/mol. The molecule has 1 aliphatic carbocycles. The Labute approximate surface area is 174 Å². The standard InChI is InChI=1S/C25H42O2Si/c1-4-28(5-2,6-3)27-25(23-16-11-8-12-17-23)19-13-18-24(26)21-20-22-14-9-7-10-15-22/h7,9-10,13-15,18,23-26H,4-6,8,11-12,16-17,19-21H2,1-3H3/b18-13+/t24-,25-/m1/s1. The van der Waals surface area contributed by atoms with Gasteiger partial charge in [0.2, 0.25) is 0 Å². The van der Waals surface area contributed by atoms with Crippen molar-refractivity contribution in [2.45, 2.75) is 102 Å². The molecule has 0 saturated heterocycles. The highest BCUT2D eigenvalue weighted by atomic mass is 28.4. The van der Waals surface area contributed by atoms with Crippen molar-refractivity contribution in [3.63, 3.8) is 0 Å². The molecule has 0 spiro atoms. The summed E-state index contributed by atoms with van der Waals surface area (Å²) < 4.78 is 6.94. The topological polar surface area (TPSA) is 29.5 Å². The Morgan fingerprint density at radius 1 is 1.04 bits per heavy atom. The van der Waals surface area contributed by atoms with E-state index < -0.39 is 8.32 Å². The zero-order valence-corrected chi connectivity index (χ0v) is 19.4. The molecule has 2 atom stereocenters. The Bertz CT molecular complexity index is 539. The van der Waals surface area contributed by atoms with Gasteiger partial charge in [-0.15, -0.1) is 0 Å². The van der Waals surface area contributed by atoms with Gasteiger partial charge in [0, 0.05) is 0 Å². The van der Waals surface area contributed by atoms with E-state index in [-0.39, 0.29) is 6.10 Å². The minimum Gasteiger partial charge on any atom is -0.413 e. The van der Waals surface area contributed by atoms with Crippen molar-refractivity contribution < 1.29 is 9.53 Å². The van der Waals surface area contributed by atoms with E-state index in [0.29, 0.717) is 12.0 Å². The van der Waals surface area contributed by atoms with Gasteiger partial charge in [0.25, 0.3) is 0 Å². The van der Waals surface area contributed by atoms with Crippen LogP contribution in [0.2, 0.25) is 18.1 Å². The third-order valence-corrected chi connectivity index (χ3v) is 11.5. The van der Waals surface area contributed by atoms with Crippen molar-refractivity contribution in [2.75, 3.05) is 0 Å². The van der Waals surface area contributed by atoms with Gasteiger partial charge in [-0.05, 0) is 61.7 Å². The largest absolute Gasteiger partial charge is 0.413 e. The summed E-state index contributed by atoms with van der Waals surface area (Å²) in [7, 11) is -1.60. The lowest BCUT2D eigenvalue weighted by Crippen LogP contribution is -2.42. The van der Waals surface area contributed by atoms with Crippen LogP contribution in [0, 0.1) is 5.92 Å². The molecule has 1 saturated carbocycles. The molecule has 28 heavy (non-hydrogen) atoms. The van der Waals surface area contributed by atoms with Crippen LogP contribution in [0.4, 0.5) is 0 Å². The monoisotopic (exact) mass is 402 g/mol. The van der Waals surface area contributed by atoms with Crippen LogP contribution in [-0.4, -0.2) is 25.6 Å². The van der Waals surface area contributed by atoms with E-state index in [2.05, 4.69) is 51.1 Å². The van der Waals surface area contributed by atoms with Crippen molar-refractivity contribution in [3.05, 3.63) is 48.0 Å². The average Bonchev–Trinajstić information content (AvgIpc) is 2.76. The first kappa shape index (κ1) is 23.4. The fourth-order valence-electron chi connectivity index (χ4n) is 4.59. The zero-order valence-electron chi connectivity index (χ0n) is 18.4. The molecule has 0 radical (unpaired) electrons. The van der Waals surface area contributed by atoms with E-state index >= 15 is 0 Å². The normalized spacial score (nSPS) is 18.4. The summed E-state index contributed by atoms with van der Waals surface area (Å²) in [5.74, 6) is 0.705. The maximum absolute atomic E-state index is 10.4. The second-order valence-corrected chi connectivity index (χ2v) is 13.3. The van der Waals surface area contributed by atoms with Crippen molar-refractivity contribution in [1.29, 1.82) is 0 Å². The number of aryl methyl sites for hydroxylation is 1. The molecule has 0 aliphatic heterocycles.